The van der Waals surface area contributed by atoms with E-state index in [1.165, 1.54) is 36.4 Å². The molecule has 98 valence electrons. The largest absolute Gasteiger partial charge is 0.308 e. The molecular formula is C14H26N2S. The average molecular weight is 254 g/mol. The van der Waals surface area contributed by atoms with Crippen LogP contribution in [0, 0.1) is 0 Å². The molecule has 0 aliphatic rings. The van der Waals surface area contributed by atoms with Crippen molar-refractivity contribution in [1.82, 2.24) is 10.3 Å². The van der Waals surface area contributed by atoms with Gasteiger partial charge >= 0.3 is 0 Å². The van der Waals surface area contributed by atoms with Crippen LogP contribution < -0.4 is 5.32 Å². The molecule has 0 fully saturated rings. The number of nitrogens with one attached hydrogen (secondary N) is 1. The summed E-state index contributed by atoms with van der Waals surface area (Å²) in [7, 11) is 0. The van der Waals surface area contributed by atoms with Crippen molar-refractivity contribution in [2.75, 3.05) is 6.54 Å². The first-order chi connectivity index (χ1) is 8.19. The zero-order valence-electron chi connectivity index (χ0n) is 11.6. The summed E-state index contributed by atoms with van der Waals surface area (Å²) in [5.74, 6) is 0.540. The van der Waals surface area contributed by atoms with Crippen LogP contribution >= 0.6 is 11.3 Å². The van der Waals surface area contributed by atoms with Crippen molar-refractivity contribution in [2.24, 2.45) is 0 Å². The summed E-state index contributed by atoms with van der Waals surface area (Å²) < 4.78 is 0. The highest BCUT2D eigenvalue weighted by Crippen LogP contribution is 2.26. The van der Waals surface area contributed by atoms with Crippen molar-refractivity contribution >= 4 is 11.3 Å². The van der Waals surface area contributed by atoms with Gasteiger partial charge in [-0.3, -0.25) is 0 Å². The molecule has 1 atom stereocenters. The summed E-state index contributed by atoms with van der Waals surface area (Å²) in [6.45, 7) is 9.86. The number of hydrogen-bond acceptors (Lipinski definition) is 3. The highest BCUT2D eigenvalue weighted by Gasteiger charge is 2.15. The van der Waals surface area contributed by atoms with Gasteiger partial charge in [0.2, 0.25) is 0 Å². The lowest BCUT2D eigenvalue weighted by molar-refractivity contribution is 0.483. The molecule has 3 heteroatoms. The third kappa shape index (κ3) is 4.76. The molecule has 2 nitrogen and oxygen atoms in total. The third-order valence-electron chi connectivity index (χ3n) is 2.98. The van der Waals surface area contributed by atoms with Crippen molar-refractivity contribution in [3.63, 3.8) is 0 Å². The van der Waals surface area contributed by atoms with E-state index in [1.807, 2.05) is 11.3 Å². The molecule has 0 aliphatic heterocycles. The van der Waals surface area contributed by atoms with Crippen molar-refractivity contribution in [3.8, 4) is 0 Å². The first-order valence-corrected chi connectivity index (χ1v) is 7.75. The Kier molecular flexibility index (Phi) is 6.75. The quantitative estimate of drug-likeness (QED) is 0.691. The van der Waals surface area contributed by atoms with Gasteiger partial charge in [-0.2, -0.15) is 0 Å². The summed E-state index contributed by atoms with van der Waals surface area (Å²) in [6, 6.07) is 0.462. The van der Waals surface area contributed by atoms with E-state index in [0.29, 0.717) is 12.0 Å². The molecule has 1 aromatic rings. The summed E-state index contributed by atoms with van der Waals surface area (Å²) in [5.41, 5.74) is 1.24. The van der Waals surface area contributed by atoms with E-state index >= 15 is 0 Å². The predicted molar refractivity (Wildman–Crippen MR) is 76.8 cm³/mol. The lowest BCUT2D eigenvalue weighted by Gasteiger charge is -2.15. The highest BCUT2D eigenvalue weighted by molar-refractivity contribution is 7.09. The molecule has 0 aliphatic carbocycles. The van der Waals surface area contributed by atoms with Gasteiger partial charge in [0.15, 0.2) is 0 Å². The Balaban J connectivity index is 2.60. The van der Waals surface area contributed by atoms with Crippen LogP contribution in [-0.2, 0) is 0 Å². The molecule has 0 bridgehead atoms. The number of hydrogen-bond donors (Lipinski definition) is 1. The maximum absolute atomic E-state index is 4.76. The SMILES string of the molecule is CCCCCC(NCC)c1nc(C(C)C)cs1. The molecule has 0 radical (unpaired) electrons. The Morgan fingerprint density at radius 2 is 2.06 bits per heavy atom. The number of rotatable bonds is 8. The van der Waals surface area contributed by atoms with E-state index in [9.17, 15) is 0 Å². The molecule has 0 saturated carbocycles. The summed E-state index contributed by atoms with van der Waals surface area (Å²) in [6.07, 6.45) is 5.12. The van der Waals surface area contributed by atoms with Crippen LogP contribution in [0.5, 0.6) is 0 Å². The van der Waals surface area contributed by atoms with Gasteiger partial charge in [0.25, 0.3) is 0 Å². The Morgan fingerprint density at radius 1 is 1.29 bits per heavy atom. The van der Waals surface area contributed by atoms with Crippen molar-refractivity contribution < 1.29 is 0 Å². The minimum absolute atomic E-state index is 0.462. The van der Waals surface area contributed by atoms with Crippen molar-refractivity contribution in [2.45, 2.75) is 65.3 Å². The standard InChI is InChI=1S/C14H26N2S/c1-5-7-8-9-12(15-6-2)14-16-13(10-17-14)11(3)4/h10-12,15H,5-9H2,1-4H3. The summed E-state index contributed by atoms with van der Waals surface area (Å²) in [5, 5.41) is 7.04. The molecule has 17 heavy (non-hydrogen) atoms. The highest BCUT2D eigenvalue weighted by atomic mass is 32.1. The number of aromatic nitrogens is 1. The topological polar surface area (TPSA) is 24.9 Å². The third-order valence-corrected chi connectivity index (χ3v) is 3.95. The van der Waals surface area contributed by atoms with Crippen molar-refractivity contribution in [3.05, 3.63) is 16.1 Å². The minimum atomic E-state index is 0.462. The van der Waals surface area contributed by atoms with Crippen LogP contribution in [0.1, 0.15) is 76.0 Å². The van der Waals surface area contributed by atoms with Crippen LogP contribution in [0.15, 0.2) is 5.38 Å². The van der Waals surface area contributed by atoms with Gasteiger partial charge < -0.3 is 5.32 Å². The second-order valence-corrected chi connectivity index (χ2v) is 5.76. The molecule has 1 N–H and O–H groups in total. The fraction of sp³-hybridized carbons (Fsp3) is 0.786. The molecular weight excluding hydrogens is 228 g/mol. The number of nitrogens with zero attached hydrogens (tertiary/aromatic N) is 1. The maximum Gasteiger partial charge on any atom is 0.110 e. The second kappa shape index (κ2) is 7.83. The second-order valence-electron chi connectivity index (χ2n) is 4.87. The fourth-order valence-corrected chi connectivity index (χ4v) is 2.97. The minimum Gasteiger partial charge on any atom is -0.308 e. The van der Waals surface area contributed by atoms with Crippen LogP contribution in [0.3, 0.4) is 0 Å². The van der Waals surface area contributed by atoms with Gasteiger partial charge in [-0.1, -0.05) is 47.0 Å². The van der Waals surface area contributed by atoms with E-state index in [0.717, 1.165) is 6.54 Å². The first kappa shape index (κ1) is 14.7. The summed E-state index contributed by atoms with van der Waals surface area (Å²) >= 11 is 1.81. The Labute approximate surface area is 110 Å². The van der Waals surface area contributed by atoms with Gasteiger partial charge in [0.05, 0.1) is 11.7 Å². The van der Waals surface area contributed by atoms with Gasteiger partial charge in [0.1, 0.15) is 5.01 Å². The van der Waals surface area contributed by atoms with E-state index in [2.05, 4.69) is 38.4 Å². The average Bonchev–Trinajstić information content (AvgIpc) is 2.77. The van der Waals surface area contributed by atoms with Gasteiger partial charge in [-0.05, 0) is 18.9 Å². The maximum atomic E-state index is 4.76. The van der Waals surface area contributed by atoms with Crippen LogP contribution in [0.2, 0.25) is 0 Å². The predicted octanol–water partition coefficient (Wildman–Crippen LogP) is 4.50. The molecule has 1 rings (SSSR count). The molecule has 1 unspecified atom stereocenters. The molecule has 1 aromatic heterocycles. The Hall–Kier alpha value is -0.410. The number of unbranched alkanes of at least 4 members (excludes halogenated alkanes) is 2. The van der Waals surface area contributed by atoms with Crippen molar-refractivity contribution in [1.29, 1.82) is 0 Å². The normalized spacial score (nSPS) is 13.2. The van der Waals surface area contributed by atoms with Crippen LogP contribution in [0.4, 0.5) is 0 Å². The lowest BCUT2D eigenvalue weighted by atomic mass is 10.1. The summed E-state index contributed by atoms with van der Waals surface area (Å²) in [4.78, 5) is 4.76. The zero-order valence-corrected chi connectivity index (χ0v) is 12.4. The van der Waals surface area contributed by atoms with Crippen LogP contribution in [0.25, 0.3) is 0 Å². The van der Waals surface area contributed by atoms with E-state index in [-0.39, 0.29) is 0 Å². The Morgan fingerprint density at radius 3 is 2.59 bits per heavy atom. The molecule has 1 heterocycles. The van der Waals surface area contributed by atoms with E-state index < -0.39 is 0 Å². The molecule has 0 amide bonds. The van der Waals surface area contributed by atoms with Gasteiger partial charge in [-0.25, -0.2) is 4.98 Å². The first-order valence-electron chi connectivity index (χ1n) is 6.87. The van der Waals surface area contributed by atoms with Gasteiger partial charge in [0, 0.05) is 5.38 Å². The van der Waals surface area contributed by atoms with Gasteiger partial charge in [-0.15, -0.1) is 11.3 Å². The monoisotopic (exact) mass is 254 g/mol. The fourth-order valence-electron chi connectivity index (χ4n) is 1.88. The number of thiazole rings is 1. The van der Waals surface area contributed by atoms with Crippen LogP contribution in [-0.4, -0.2) is 11.5 Å². The smallest absolute Gasteiger partial charge is 0.110 e. The Bertz CT molecular complexity index is 307. The van der Waals surface area contributed by atoms with E-state index in [1.54, 1.807) is 0 Å². The zero-order chi connectivity index (χ0) is 12.7. The molecule has 0 aromatic carbocycles. The molecule has 0 saturated heterocycles. The molecule has 0 spiro atoms. The lowest BCUT2D eigenvalue weighted by Crippen LogP contribution is -2.20. The van der Waals surface area contributed by atoms with E-state index in [4.69, 9.17) is 4.98 Å².